The van der Waals surface area contributed by atoms with Gasteiger partial charge in [0.2, 0.25) is 5.91 Å². The fraction of sp³-hybridized carbons (Fsp3) is 0.500. The van der Waals surface area contributed by atoms with E-state index in [9.17, 15) is 9.59 Å². The highest BCUT2D eigenvalue weighted by molar-refractivity contribution is 7.98. The number of benzene rings is 1. The summed E-state index contributed by atoms with van der Waals surface area (Å²) in [5, 5.41) is 0. The summed E-state index contributed by atoms with van der Waals surface area (Å²) in [4.78, 5) is 29.2. The summed E-state index contributed by atoms with van der Waals surface area (Å²) in [5.74, 6) is 0.247. The molecule has 0 atom stereocenters. The molecule has 114 valence electrons. The number of thioether (sulfide) groups is 1. The maximum atomic E-state index is 12.4. The third-order valence-corrected chi connectivity index (χ3v) is 4.45. The predicted octanol–water partition coefficient (Wildman–Crippen LogP) is 2.35. The monoisotopic (exact) mass is 306 g/mol. The number of nitrogens with zero attached hydrogens (tertiary/aromatic N) is 2. The molecule has 1 aliphatic rings. The Hall–Kier alpha value is -1.49. The van der Waals surface area contributed by atoms with Crippen LogP contribution in [0.3, 0.4) is 0 Å². The van der Waals surface area contributed by atoms with Gasteiger partial charge >= 0.3 is 0 Å². The minimum Gasteiger partial charge on any atom is -0.339 e. The van der Waals surface area contributed by atoms with Crippen molar-refractivity contribution in [3.8, 4) is 0 Å². The lowest BCUT2D eigenvalue weighted by Crippen LogP contribution is -2.51. The maximum absolute atomic E-state index is 12.4. The topological polar surface area (TPSA) is 40.6 Å². The van der Waals surface area contributed by atoms with Gasteiger partial charge in [-0.15, -0.1) is 11.8 Å². The van der Waals surface area contributed by atoms with Crippen molar-refractivity contribution in [2.45, 2.75) is 18.7 Å². The van der Waals surface area contributed by atoms with Crippen LogP contribution >= 0.6 is 11.8 Å². The molecular weight excluding hydrogens is 284 g/mol. The van der Waals surface area contributed by atoms with Crippen LogP contribution in [0.4, 0.5) is 0 Å². The van der Waals surface area contributed by atoms with Crippen molar-refractivity contribution >= 4 is 23.6 Å². The van der Waals surface area contributed by atoms with Crippen molar-refractivity contribution in [2.75, 3.05) is 32.4 Å². The van der Waals surface area contributed by atoms with Crippen molar-refractivity contribution in [3.63, 3.8) is 0 Å². The first-order chi connectivity index (χ1) is 10.0. The Balaban J connectivity index is 1.95. The fourth-order valence-corrected chi connectivity index (χ4v) is 2.82. The highest BCUT2D eigenvalue weighted by Crippen LogP contribution is 2.17. The molecule has 1 heterocycles. The maximum Gasteiger partial charge on any atom is 0.253 e. The summed E-state index contributed by atoms with van der Waals surface area (Å²) in [7, 11) is 0. The summed E-state index contributed by atoms with van der Waals surface area (Å²) >= 11 is 1.66. The minimum absolute atomic E-state index is 0.0198. The van der Waals surface area contributed by atoms with Crippen molar-refractivity contribution in [1.82, 2.24) is 9.80 Å². The van der Waals surface area contributed by atoms with Crippen molar-refractivity contribution in [3.05, 3.63) is 29.8 Å². The number of rotatable bonds is 3. The zero-order valence-electron chi connectivity index (χ0n) is 12.8. The van der Waals surface area contributed by atoms with Crippen LogP contribution in [0.25, 0.3) is 0 Å². The molecule has 4 nitrogen and oxygen atoms in total. The molecule has 5 heteroatoms. The molecule has 1 aliphatic heterocycles. The molecular formula is C16H22N2O2S. The molecule has 2 amide bonds. The van der Waals surface area contributed by atoms with E-state index in [0.717, 1.165) is 10.5 Å². The lowest BCUT2D eigenvalue weighted by atomic mass is 10.1. The zero-order valence-corrected chi connectivity index (χ0v) is 13.7. The van der Waals surface area contributed by atoms with E-state index in [4.69, 9.17) is 0 Å². The van der Waals surface area contributed by atoms with E-state index in [0.29, 0.717) is 26.2 Å². The second-order valence-electron chi connectivity index (χ2n) is 5.50. The molecule has 0 unspecified atom stereocenters. The summed E-state index contributed by atoms with van der Waals surface area (Å²) < 4.78 is 0. The van der Waals surface area contributed by atoms with E-state index in [2.05, 4.69) is 0 Å². The predicted molar refractivity (Wildman–Crippen MR) is 85.5 cm³/mol. The molecule has 0 saturated carbocycles. The Morgan fingerprint density at radius 3 is 2.00 bits per heavy atom. The Morgan fingerprint density at radius 1 is 1.00 bits per heavy atom. The average Bonchev–Trinajstić information content (AvgIpc) is 2.53. The van der Waals surface area contributed by atoms with E-state index in [1.807, 2.05) is 54.2 Å². The fourth-order valence-electron chi connectivity index (χ4n) is 2.41. The third kappa shape index (κ3) is 3.79. The highest BCUT2D eigenvalue weighted by atomic mass is 32.2. The Bertz CT molecular complexity index is 506. The van der Waals surface area contributed by atoms with E-state index in [1.54, 1.807) is 11.8 Å². The molecule has 1 aromatic carbocycles. The smallest absolute Gasteiger partial charge is 0.253 e. The number of hydrogen-bond donors (Lipinski definition) is 0. The van der Waals surface area contributed by atoms with Gasteiger partial charge in [-0.2, -0.15) is 0 Å². The lowest BCUT2D eigenvalue weighted by Gasteiger charge is -2.35. The number of hydrogen-bond acceptors (Lipinski definition) is 3. The molecule has 0 radical (unpaired) electrons. The summed E-state index contributed by atoms with van der Waals surface area (Å²) in [6, 6.07) is 7.69. The van der Waals surface area contributed by atoms with Gasteiger partial charge in [0, 0.05) is 42.6 Å². The largest absolute Gasteiger partial charge is 0.339 e. The zero-order chi connectivity index (χ0) is 15.4. The van der Waals surface area contributed by atoms with Gasteiger partial charge in [-0.1, -0.05) is 13.8 Å². The van der Waals surface area contributed by atoms with Crippen LogP contribution in [-0.2, 0) is 4.79 Å². The standard InChI is InChI=1S/C16H22N2O2S/c1-12(2)15(19)17-8-10-18(11-9-17)16(20)13-4-6-14(21-3)7-5-13/h4-7,12H,8-11H2,1-3H3. The van der Waals surface area contributed by atoms with Crippen LogP contribution in [-0.4, -0.2) is 54.0 Å². The SMILES string of the molecule is CSc1ccc(C(=O)N2CCN(C(=O)C(C)C)CC2)cc1. The van der Waals surface area contributed by atoms with Crippen LogP contribution in [0.1, 0.15) is 24.2 Å². The van der Waals surface area contributed by atoms with Crippen molar-refractivity contribution in [2.24, 2.45) is 5.92 Å². The van der Waals surface area contributed by atoms with Gasteiger partial charge in [-0.3, -0.25) is 9.59 Å². The molecule has 0 aliphatic carbocycles. The van der Waals surface area contributed by atoms with Crippen LogP contribution in [0.5, 0.6) is 0 Å². The molecule has 1 saturated heterocycles. The first-order valence-electron chi connectivity index (χ1n) is 7.25. The van der Waals surface area contributed by atoms with Gasteiger partial charge < -0.3 is 9.80 Å². The number of amides is 2. The van der Waals surface area contributed by atoms with Gasteiger partial charge in [0.1, 0.15) is 0 Å². The second kappa shape index (κ2) is 6.98. The Kier molecular flexibility index (Phi) is 5.28. The van der Waals surface area contributed by atoms with Crippen molar-refractivity contribution in [1.29, 1.82) is 0 Å². The molecule has 0 N–H and O–H groups in total. The third-order valence-electron chi connectivity index (χ3n) is 3.71. The summed E-state index contributed by atoms with van der Waals surface area (Å²) in [6.45, 7) is 6.31. The second-order valence-corrected chi connectivity index (χ2v) is 6.38. The van der Waals surface area contributed by atoms with Gasteiger partial charge in [0.15, 0.2) is 0 Å². The van der Waals surface area contributed by atoms with Crippen LogP contribution < -0.4 is 0 Å². The molecule has 1 aromatic rings. The van der Waals surface area contributed by atoms with Gasteiger partial charge in [0.05, 0.1) is 0 Å². The van der Waals surface area contributed by atoms with E-state index in [-0.39, 0.29) is 17.7 Å². The quantitative estimate of drug-likeness (QED) is 0.805. The molecule has 2 rings (SSSR count). The van der Waals surface area contributed by atoms with E-state index in [1.165, 1.54) is 0 Å². The molecule has 1 fully saturated rings. The van der Waals surface area contributed by atoms with Gasteiger partial charge in [-0.25, -0.2) is 0 Å². The number of carbonyl (C=O) groups excluding carboxylic acids is 2. The van der Waals surface area contributed by atoms with Gasteiger partial charge in [-0.05, 0) is 30.5 Å². The normalized spacial score (nSPS) is 15.4. The van der Waals surface area contributed by atoms with E-state index >= 15 is 0 Å². The minimum atomic E-state index is 0.0198. The number of piperazine rings is 1. The molecule has 0 bridgehead atoms. The summed E-state index contributed by atoms with van der Waals surface area (Å²) in [6.07, 6.45) is 2.02. The number of carbonyl (C=O) groups is 2. The molecule has 21 heavy (non-hydrogen) atoms. The van der Waals surface area contributed by atoms with E-state index < -0.39 is 0 Å². The van der Waals surface area contributed by atoms with Gasteiger partial charge in [0.25, 0.3) is 5.91 Å². The average molecular weight is 306 g/mol. The first-order valence-corrected chi connectivity index (χ1v) is 8.47. The van der Waals surface area contributed by atoms with Crippen molar-refractivity contribution < 1.29 is 9.59 Å². The Morgan fingerprint density at radius 2 is 1.52 bits per heavy atom. The van der Waals surface area contributed by atoms with Crippen LogP contribution in [0.15, 0.2) is 29.2 Å². The summed E-state index contributed by atoms with van der Waals surface area (Å²) in [5.41, 5.74) is 0.719. The first kappa shape index (κ1) is 15.9. The van der Waals surface area contributed by atoms with Crippen LogP contribution in [0, 0.1) is 5.92 Å². The van der Waals surface area contributed by atoms with Crippen LogP contribution in [0.2, 0.25) is 0 Å². The lowest BCUT2D eigenvalue weighted by molar-refractivity contribution is -0.135. The Labute approximate surface area is 130 Å². The highest BCUT2D eigenvalue weighted by Gasteiger charge is 2.25. The molecule has 0 spiro atoms. The molecule has 0 aromatic heterocycles.